The number of sulfonamides is 1. The molecule has 1 aliphatic rings. The Labute approximate surface area is 172 Å². The summed E-state index contributed by atoms with van der Waals surface area (Å²) >= 11 is 0. The topological polar surface area (TPSA) is 161 Å². The van der Waals surface area contributed by atoms with Crippen molar-refractivity contribution in [2.24, 2.45) is 0 Å². The Balaban J connectivity index is 1.90. The van der Waals surface area contributed by atoms with Crippen LogP contribution in [0.1, 0.15) is 45.1 Å². The minimum absolute atomic E-state index is 0.00188. The van der Waals surface area contributed by atoms with Crippen LogP contribution in [-0.4, -0.2) is 54.0 Å². The molecular formula is C19H19N3O7S. The van der Waals surface area contributed by atoms with Gasteiger partial charge in [-0.3, -0.25) is 4.79 Å². The molecule has 1 saturated heterocycles. The molecule has 11 heteroatoms. The lowest BCUT2D eigenvalue weighted by atomic mass is 10.1. The van der Waals surface area contributed by atoms with E-state index >= 15 is 0 Å². The highest BCUT2D eigenvalue weighted by atomic mass is 32.2. The van der Waals surface area contributed by atoms with Crippen molar-refractivity contribution in [3.05, 3.63) is 46.9 Å². The Bertz CT molecular complexity index is 1150. The van der Waals surface area contributed by atoms with Crippen LogP contribution in [0.5, 0.6) is 0 Å². The smallest absolute Gasteiger partial charge is 0.337 e. The number of aliphatic hydroxyl groups excluding tert-OH is 1. The minimum atomic E-state index is -3.98. The SMILES string of the molecule is Cc1oc(C(=O)Nc2ccc(C#N)cc2C(=O)O)cc1S(=O)(=O)N1CCCC1CO. The van der Waals surface area contributed by atoms with Gasteiger partial charge in [-0.1, -0.05) is 0 Å². The fourth-order valence-corrected chi connectivity index (χ4v) is 5.20. The number of amides is 1. The van der Waals surface area contributed by atoms with Crippen molar-refractivity contribution >= 4 is 27.6 Å². The van der Waals surface area contributed by atoms with E-state index in [1.807, 2.05) is 6.07 Å². The predicted molar refractivity (Wildman–Crippen MR) is 104 cm³/mol. The van der Waals surface area contributed by atoms with Crippen molar-refractivity contribution in [3.63, 3.8) is 0 Å². The molecule has 1 atom stereocenters. The van der Waals surface area contributed by atoms with Gasteiger partial charge in [0.05, 0.1) is 29.5 Å². The molecule has 1 unspecified atom stereocenters. The fourth-order valence-electron chi connectivity index (χ4n) is 3.35. The number of aliphatic hydroxyl groups is 1. The highest BCUT2D eigenvalue weighted by Gasteiger charge is 2.37. The van der Waals surface area contributed by atoms with E-state index in [4.69, 9.17) is 9.68 Å². The number of aromatic carboxylic acids is 1. The Morgan fingerprint density at radius 2 is 2.10 bits per heavy atom. The van der Waals surface area contributed by atoms with Gasteiger partial charge in [0.1, 0.15) is 10.7 Å². The zero-order chi connectivity index (χ0) is 22.1. The molecule has 2 heterocycles. The van der Waals surface area contributed by atoms with Crippen LogP contribution in [0.3, 0.4) is 0 Å². The molecule has 0 radical (unpaired) electrons. The molecule has 10 nitrogen and oxygen atoms in total. The standard InChI is InChI=1S/C19H19N3O7S/c1-11-17(30(27,28)22-6-2-3-13(22)10-23)8-16(29-11)18(24)21-15-5-4-12(9-20)7-14(15)19(25)26/h4-5,7-8,13,23H,2-3,6,10H2,1H3,(H,21,24)(H,25,26). The lowest BCUT2D eigenvalue weighted by Gasteiger charge is -2.21. The molecule has 158 valence electrons. The zero-order valence-corrected chi connectivity index (χ0v) is 16.8. The lowest BCUT2D eigenvalue weighted by molar-refractivity contribution is 0.0698. The molecule has 1 fully saturated rings. The second kappa shape index (κ2) is 8.27. The maximum Gasteiger partial charge on any atom is 0.337 e. The van der Waals surface area contributed by atoms with Crippen molar-refractivity contribution in [1.29, 1.82) is 5.26 Å². The summed E-state index contributed by atoms with van der Waals surface area (Å²) in [4.78, 5) is 23.8. The van der Waals surface area contributed by atoms with Crippen LogP contribution < -0.4 is 5.32 Å². The molecule has 1 amide bonds. The number of carboxylic acid groups (broad SMARTS) is 1. The van der Waals surface area contributed by atoms with Crippen LogP contribution in [0.25, 0.3) is 0 Å². The number of benzene rings is 1. The third kappa shape index (κ3) is 3.93. The van der Waals surface area contributed by atoms with Gasteiger partial charge >= 0.3 is 5.97 Å². The van der Waals surface area contributed by atoms with Crippen molar-refractivity contribution < 1.29 is 32.6 Å². The number of nitriles is 1. The van der Waals surface area contributed by atoms with E-state index in [0.29, 0.717) is 12.8 Å². The maximum atomic E-state index is 12.9. The number of nitrogens with zero attached hydrogens (tertiary/aromatic N) is 2. The molecular weight excluding hydrogens is 414 g/mol. The summed E-state index contributed by atoms with van der Waals surface area (Å²) in [6, 6.07) is 6.09. The van der Waals surface area contributed by atoms with E-state index in [9.17, 15) is 28.2 Å². The largest absolute Gasteiger partial charge is 0.478 e. The van der Waals surface area contributed by atoms with Crippen molar-refractivity contribution in [2.75, 3.05) is 18.5 Å². The number of furan rings is 1. The zero-order valence-electron chi connectivity index (χ0n) is 16.0. The summed E-state index contributed by atoms with van der Waals surface area (Å²) in [6.07, 6.45) is 1.15. The van der Waals surface area contributed by atoms with Gasteiger partial charge in [0.2, 0.25) is 10.0 Å². The van der Waals surface area contributed by atoms with Crippen LogP contribution in [0.15, 0.2) is 33.6 Å². The van der Waals surface area contributed by atoms with E-state index in [1.165, 1.54) is 23.4 Å². The summed E-state index contributed by atoms with van der Waals surface area (Å²) in [5, 5.41) is 30.0. The molecule has 0 saturated carbocycles. The van der Waals surface area contributed by atoms with Gasteiger partial charge in [-0.05, 0) is 38.0 Å². The normalized spacial score (nSPS) is 16.9. The second-order valence-corrected chi connectivity index (χ2v) is 8.62. The van der Waals surface area contributed by atoms with Gasteiger partial charge in [0.15, 0.2) is 5.76 Å². The number of carboxylic acids is 1. The first-order valence-corrected chi connectivity index (χ1v) is 10.4. The molecule has 1 aromatic carbocycles. The van der Waals surface area contributed by atoms with E-state index in [-0.39, 0.29) is 46.4 Å². The number of hydrogen-bond acceptors (Lipinski definition) is 7. The first-order valence-electron chi connectivity index (χ1n) is 9.01. The molecule has 0 bridgehead atoms. The Hall–Kier alpha value is -3.20. The van der Waals surface area contributed by atoms with Crippen LogP contribution >= 0.6 is 0 Å². The second-order valence-electron chi connectivity index (χ2n) is 6.76. The average Bonchev–Trinajstić information content (AvgIpc) is 3.35. The van der Waals surface area contributed by atoms with E-state index in [2.05, 4.69) is 5.32 Å². The molecule has 0 spiro atoms. The third-order valence-electron chi connectivity index (χ3n) is 4.84. The molecule has 30 heavy (non-hydrogen) atoms. The van der Waals surface area contributed by atoms with Crippen LogP contribution in [0, 0.1) is 18.3 Å². The Morgan fingerprint density at radius 3 is 2.73 bits per heavy atom. The predicted octanol–water partition coefficient (Wildman–Crippen LogP) is 1.56. The van der Waals surface area contributed by atoms with Gasteiger partial charge in [0, 0.05) is 18.7 Å². The minimum Gasteiger partial charge on any atom is -0.478 e. The average molecular weight is 433 g/mol. The highest BCUT2D eigenvalue weighted by molar-refractivity contribution is 7.89. The maximum absolute atomic E-state index is 12.9. The summed E-state index contributed by atoms with van der Waals surface area (Å²) in [5.74, 6) is -2.49. The van der Waals surface area contributed by atoms with Crippen molar-refractivity contribution in [1.82, 2.24) is 4.31 Å². The van der Waals surface area contributed by atoms with Crippen molar-refractivity contribution in [2.45, 2.75) is 30.7 Å². The Morgan fingerprint density at radius 1 is 1.37 bits per heavy atom. The first kappa shape index (κ1) is 21.5. The summed E-state index contributed by atoms with van der Waals surface area (Å²) in [6.45, 7) is 1.35. The fraction of sp³-hybridized carbons (Fsp3) is 0.316. The lowest BCUT2D eigenvalue weighted by Crippen LogP contribution is -2.37. The van der Waals surface area contributed by atoms with E-state index in [1.54, 1.807) is 0 Å². The van der Waals surface area contributed by atoms with Crippen LogP contribution in [0.4, 0.5) is 5.69 Å². The number of carbonyl (C=O) groups is 2. The van der Waals surface area contributed by atoms with Crippen molar-refractivity contribution in [3.8, 4) is 6.07 Å². The number of aryl methyl sites for hydroxylation is 1. The highest BCUT2D eigenvalue weighted by Crippen LogP contribution is 2.30. The number of rotatable bonds is 6. The van der Waals surface area contributed by atoms with Gasteiger partial charge in [-0.15, -0.1) is 0 Å². The van der Waals surface area contributed by atoms with Gasteiger partial charge < -0.3 is 19.9 Å². The number of anilines is 1. The molecule has 2 aromatic rings. The van der Waals surface area contributed by atoms with Gasteiger partial charge in [0.25, 0.3) is 5.91 Å². The number of hydrogen-bond donors (Lipinski definition) is 3. The van der Waals surface area contributed by atoms with Crippen LogP contribution in [-0.2, 0) is 10.0 Å². The molecule has 3 rings (SSSR count). The number of carbonyl (C=O) groups excluding carboxylic acids is 1. The molecule has 1 aliphatic heterocycles. The van der Waals surface area contributed by atoms with E-state index in [0.717, 1.165) is 12.1 Å². The summed E-state index contributed by atoms with van der Waals surface area (Å²) in [7, 11) is -3.98. The number of nitrogens with one attached hydrogen (secondary N) is 1. The van der Waals surface area contributed by atoms with E-state index < -0.39 is 27.9 Å². The Kier molecular flexibility index (Phi) is 5.93. The van der Waals surface area contributed by atoms with Crippen LogP contribution in [0.2, 0.25) is 0 Å². The summed E-state index contributed by atoms with van der Waals surface area (Å²) < 4.78 is 32.4. The molecule has 0 aliphatic carbocycles. The monoisotopic (exact) mass is 433 g/mol. The molecule has 3 N–H and O–H groups in total. The molecule has 1 aromatic heterocycles. The van der Waals surface area contributed by atoms with Gasteiger partial charge in [-0.2, -0.15) is 9.57 Å². The summed E-state index contributed by atoms with van der Waals surface area (Å²) in [5.41, 5.74) is -0.247. The third-order valence-corrected chi connectivity index (χ3v) is 6.90. The first-order chi connectivity index (χ1) is 14.2. The quantitative estimate of drug-likeness (QED) is 0.618. The van der Waals surface area contributed by atoms with Gasteiger partial charge in [-0.25, -0.2) is 13.2 Å².